The SMILES string of the molecule is CCOC(=O)C1C(C2CCCCC2)N1S(=O)(=O)c1ccc(C)cc1. The molecule has 1 aliphatic carbocycles. The molecule has 0 amide bonds. The number of ether oxygens (including phenoxy) is 1. The molecule has 5 nitrogen and oxygen atoms in total. The van der Waals surface area contributed by atoms with Gasteiger partial charge in [-0.3, -0.25) is 4.79 Å². The van der Waals surface area contributed by atoms with Gasteiger partial charge in [0.1, 0.15) is 6.04 Å². The van der Waals surface area contributed by atoms with Crippen LogP contribution in [-0.4, -0.2) is 37.4 Å². The standard InChI is InChI=1S/C18H25NO4S/c1-3-23-18(20)17-16(14-7-5-4-6-8-14)19(17)24(21,22)15-11-9-13(2)10-12-15/h9-12,14,16-17H,3-8H2,1-2H3. The summed E-state index contributed by atoms with van der Waals surface area (Å²) in [5.41, 5.74) is 1.01. The minimum absolute atomic E-state index is 0.240. The van der Waals surface area contributed by atoms with Gasteiger partial charge in [-0.2, -0.15) is 4.31 Å². The number of carbonyl (C=O) groups is 1. The van der Waals surface area contributed by atoms with Crippen molar-refractivity contribution >= 4 is 16.0 Å². The molecule has 1 saturated carbocycles. The normalized spacial score (nSPS) is 27.7. The van der Waals surface area contributed by atoms with E-state index in [1.165, 1.54) is 10.7 Å². The average Bonchev–Trinajstić information content (AvgIpc) is 3.33. The van der Waals surface area contributed by atoms with Gasteiger partial charge in [0.25, 0.3) is 0 Å². The van der Waals surface area contributed by atoms with Crippen molar-refractivity contribution in [3.8, 4) is 0 Å². The van der Waals surface area contributed by atoms with E-state index >= 15 is 0 Å². The van der Waals surface area contributed by atoms with Gasteiger partial charge in [-0.1, -0.05) is 37.0 Å². The van der Waals surface area contributed by atoms with Crippen molar-refractivity contribution in [2.75, 3.05) is 6.61 Å². The Morgan fingerprint density at radius 2 is 1.79 bits per heavy atom. The van der Waals surface area contributed by atoms with Gasteiger partial charge in [-0.05, 0) is 44.7 Å². The molecule has 6 heteroatoms. The smallest absolute Gasteiger partial charge is 0.326 e. The molecule has 24 heavy (non-hydrogen) atoms. The number of rotatable bonds is 5. The maximum atomic E-state index is 13.0. The first-order valence-electron chi connectivity index (χ1n) is 8.73. The fourth-order valence-corrected chi connectivity index (χ4v) is 5.57. The predicted octanol–water partition coefficient (Wildman–Crippen LogP) is 2.88. The second-order valence-electron chi connectivity index (χ2n) is 6.73. The summed E-state index contributed by atoms with van der Waals surface area (Å²) >= 11 is 0. The molecule has 2 aliphatic rings. The van der Waals surface area contributed by atoms with E-state index in [9.17, 15) is 13.2 Å². The number of benzene rings is 1. The lowest BCUT2D eigenvalue weighted by Gasteiger charge is -2.21. The summed E-state index contributed by atoms with van der Waals surface area (Å²) in [5.74, 6) is -0.155. The lowest BCUT2D eigenvalue weighted by atomic mass is 9.86. The van der Waals surface area contributed by atoms with E-state index < -0.39 is 22.0 Å². The molecule has 1 aliphatic heterocycles. The zero-order valence-electron chi connectivity index (χ0n) is 14.3. The number of sulfonamides is 1. The molecular weight excluding hydrogens is 326 g/mol. The first-order chi connectivity index (χ1) is 11.5. The Bertz CT molecular complexity index is 692. The third-order valence-corrected chi connectivity index (χ3v) is 6.95. The maximum Gasteiger partial charge on any atom is 0.326 e. The number of aryl methyl sites for hydroxylation is 1. The second kappa shape index (κ2) is 6.84. The van der Waals surface area contributed by atoms with Gasteiger partial charge in [0.2, 0.25) is 10.0 Å². The highest BCUT2D eigenvalue weighted by Crippen LogP contribution is 2.45. The molecule has 1 aromatic rings. The highest BCUT2D eigenvalue weighted by atomic mass is 32.2. The van der Waals surface area contributed by atoms with Gasteiger partial charge < -0.3 is 4.74 Å². The van der Waals surface area contributed by atoms with Gasteiger partial charge in [-0.25, -0.2) is 8.42 Å². The third kappa shape index (κ3) is 3.22. The number of hydrogen-bond donors (Lipinski definition) is 0. The molecule has 3 rings (SSSR count). The first-order valence-corrected chi connectivity index (χ1v) is 10.2. The first kappa shape index (κ1) is 17.4. The van der Waals surface area contributed by atoms with E-state index in [1.807, 2.05) is 6.92 Å². The van der Waals surface area contributed by atoms with Crippen molar-refractivity contribution in [1.29, 1.82) is 0 Å². The van der Waals surface area contributed by atoms with Crippen molar-refractivity contribution in [1.82, 2.24) is 4.31 Å². The van der Waals surface area contributed by atoms with E-state index in [4.69, 9.17) is 4.74 Å². The summed E-state index contributed by atoms with van der Waals surface area (Å²) in [4.78, 5) is 12.5. The quantitative estimate of drug-likeness (QED) is 0.604. The minimum atomic E-state index is -3.66. The van der Waals surface area contributed by atoms with Crippen LogP contribution >= 0.6 is 0 Å². The molecule has 0 N–H and O–H groups in total. The van der Waals surface area contributed by atoms with Crippen LogP contribution in [0.3, 0.4) is 0 Å². The van der Waals surface area contributed by atoms with Crippen LogP contribution in [0.1, 0.15) is 44.6 Å². The maximum absolute atomic E-state index is 13.0. The summed E-state index contributed by atoms with van der Waals surface area (Å²) in [6, 6.07) is 5.90. The molecule has 0 radical (unpaired) electrons. The lowest BCUT2D eigenvalue weighted by Crippen LogP contribution is -2.21. The van der Waals surface area contributed by atoms with E-state index in [-0.39, 0.29) is 23.5 Å². The van der Waals surface area contributed by atoms with Gasteiger partial charge in [-0.15, -0.1) is 0 Å². The summed E-state index contributed by atoms with van der Waals surface area (Å²) < 4.78 is 32.5. The van der Waals surface area contributed by atoms with E-state index in [0.717, 1.165) is 31.2 Å². The molecule has 3 unspecified atom stereocenters. The Hall–Kier alpha value is -1.40. The Kier molecular flexibility index (Phi) is 4.97. The fraction of sp³-hybridized carbons (Fsp3) is 0.611. The van der Waals surface area contributed by atoms with Crippen LogP contribution in [0.2, 0.25) is 0 Å². The molecule has 1 aromatic carbocycles. The van der Waals surface area contributed by atoms with Gasteiger partial charge in [0.05, 0.1) is 17.5 Å². The Balaban J connectivity index is 1.87. The van der Waals surface area contributed by atoms with Crippen molar-refractivity contribution in [3.05, 3.63) is 29.8 Å². The summed E-state index contributed by atoms with van der Waals surface area (Å²) in [7, 11) is -3.66. The van der Waals surface area contributed by atoms with Crippen molar-refractivity contribution in [2.24, 2.45) is 5.92 Å². The fourth-order valence-electron chi connectivity index (χ4n) is 3.78. The number of hydrogen-bond acceptors (Lipinski definition) is 4. The summed E-state index contributed by atoms with van der Waals surface area (Å²) in [6.07, 6.45) is 5.38. The summed E-state index contributed by atoms with van der Waals surface area (Å²) in [5, 5.41) is 0. The molecule has 0 spiro atoms. The topological polar surface area (TPSA) is 63.5 Å². The van der Waals surface area contributed by atoms with Crippen molar-refractivity contribution < 1.29 is 17.9 Å². The van der Waals surface area contributed by atoms with Crippen LogP contribution < -0.4 is 0 Å². The van der Waals surface area contributed by atoms with Crippen LogP contribution in [0, 0.1) is 12.8 Å². The largest absolute Gasteiger partial charge is 0.465 e. The monoisotopic (exact) mass is 351 g/mol. The van der Waals surface area contributed by atoms with Gasteiger partial charge in [0, 0.05) is 0 Å². The van der Waals surface area contributed by atoms with Crippen LogP contribution in [-0.2, 0) is 19.6 Å². The summed E-state index contributed by atoms with van der Waals surface area (Å²) in [6.45, 7) is 3.93. The molecule has 1 saturated heterocycles. The molecule has 0 bridgehead atoms. The van der Waals surface area contributed by atoms with E-state index in [1.54, 1.807) is 31.2 Å². The number of carbonyl (C=O) groups excluding carboxylic acids is 1. The van der Waals surface area contributed by atoms with Gasteiger partial charge >= 0.3 is 5.97 Å². The highest BCUT2D eigenvalue weighted by Gasteiger charge is 2.63. The van der Waals surface area contributed by atoms with E-state index in [0.29, 0.717) is 0 Å². The van der Waals surface area contributed by atoms with Crippen LogP contribution in [0.5, 0.6) is 0 Å². The van der Waals surface area contributed by atoms with Crippen molar-refractivity contribution in [2.45, 2.75) is 62.9 Å². The average molecular weight is 351 g/mol. The Morgan fingerprint density at radius 3 is 2.38 bits per heavy atom. The zero-order chi connectivity index (χ0) is 17.3. The lowest BCUT2D eigenvalue weighted by molar-refractivity contribution is -0.143. The zero-order valence-corrected chi connectivity index (χ0v) is 15.1. The highest BCUT2D eigenvalue weighted by molar-refractivity contribution is 7.89. The van der Waals surface area contributed by atoms with Crippen molar-refractivity contribution in [3.63, 3.8) is 0 Å². The van der Waals surface area contributed by atoms with Crippen LogP contribution in [0.4, 0.5) is 0 Å². The molecule has 1 heterocycles. The Morgan fingerprint density at radius 1 is 1.17 bits per heavy atom. The second-order valence-corrected chi connectivity index (χ2v) is 8.58. The molecule has 132 valence electrons. The van der Waals surface area contributed by atoms with Crippen LogP contribution in [0.15, 0.2) is 29.2 Å². The molecule has 0 aromatic heterocycles. The number of esters is 1. The van der Waals surface area contributed by atoms with Crippen LogP contribution in [0.25, 0.3) is 0 Å². The predicted molar refractivity (Wildman–Crippen MR) is 91.0 cm³/mol. The van der Waals surface area contributed by atoms with E-state index in [2.05, 4.69) is 0 Å². The minimum Gasteiger partial charge on any atom is -0.465 e. The molecule has 3 atom stereocenters. The third-order valence-electron chi connectivity index (χ3n) is 5.06. The molecule has 2 fully saturated rings. The Labute approximate surface area is 144 Å². The number of nitrogens with zero attached hydrogens (tertiary/aromatic N) is 1. The van der Waals surface area contributed by atoms with Gasteiger partial charge in [0.15, 0.2) is 0 Å². The molecular formula is C18H25NO4S.